The molecule has 0 aliphatic rings. The number of halogens is 1. The van der Waals surface area contributed by atoms with Gasteiger partial charge in [0.1, 0.15) is 12.1 Å². The van der Waals surface area contributed by atoms with E-state index in [0.717, 1.165) is 0 Å². The molecule has 0 fully saturated rings. The third kappa shape index (κ3) is 3.77. The maximum atomic E-state index is 11.7. The van der Waals surface area contributed by atoms with Gasteiger partial charge >= 0.3 is 5.97 Å². The number of ether oxygens (including phenoxy) is 1. The maximum absolute atomic E-state index is 11.7. The Labute approximate surface area is 113 Å². The van der Waals surface area contributed by atoms with E-state index < -0.39 is 5.97 Å². The van der Waals surface area contributed by atoms with Gasteiger partial charge in [0.15, 0.2) is 0 Å². The van der Waals surface area contributed by atoms with E-state index in [1.807, 2.05) is 0 Å². The van der Waals surface area contributed by atoms with E-state index >= 15 is 0 Å². The molecule has 0 aromatic heterocycles. The van der Waals surface area contributed by atoms with Crippen molar-refractivity contribution in [3.63, 3.8) is 0 Å². The Balaban J connectivity index is 3.11. The number of carbonyl (C=O) groups excluding carboxylic acids is 3. The Bertz CT molecular complexity index is 468. The normalized spacial score (nSPS) is 9.89. The molecule has 5 heteroatoms. The van der Waals surface area contributed by atoms with Crippen molar-refractivity contribution in [3.8, 4) is 0 Å². The van der Waals surface area contributed by atoms with Crippen LogP contribution < -0.4 is 0 Å². The van der Waals surface area contributed by atoms with Crippen molar-refractivity contribution in [1.82, 2.24) is 0 Å². The molecule has 0 unspecified atom stereocenters. The average molecular weight is 313 g/mol. The van der Waals surface area contributed by atoms with Crippen LogP contribution in [0.1, 0.15) is 33.2 Å². The van der Waals surface area contributed by atoms with Crippen molar-refractivity contribution in [2.75, 3.05) is 11.9 Å². The number of Topliss-reactive ketones (excluding diaryl/α,β-unsaturated/α-hetero) is 1. The summed E-state index contributed by atoms with van der Waals surface area (Å²) in [7, 11) is 0. The number of ketones is 1. The molecule has 1 aromatic carbocycles. The van der Waals surface area contributed by atoms with Crippen molar-refractivity contribution >= 4 is 34.0 Å². The Hall–Kier alpha value is -1.49. The first-order valence-electron chi connectivity index (χ1n) is 5.45. The molecule has 4 nitrogen and oxygen atoms in total. The predicted octanol–water partition coefficient (Wildman–Crippen LogP) is 2.18. The van der Waals surface area contributed by atoms with Crippen LogP contribution in [0.2, 0.25) is 0 Å². The Morgan fingerprint density at radius 2 is 2.11 bits per heavy atom. The van der Waals surface area contributed by atoms with Crippen LogP contribution in [-0.4, -0.2) is 30.0 Å². The number of carbonyl (C=O) groups is 3. The molecule has 0 radical (unpaired) electrons. The van der Waals surface area contributed by atoms with Crippen LogP contribution in [-0.2, 0) is 16.0 Å². The fourth-order valence-electron chi connectivity index (χ4n) is 1.50. The van der Waals surface area contributed by atoms with Crippen LogP contribution >= 0.6 is 15.9 Å². The summed E-state index contributed by atoms with van der Waals surface area (Å²) >= 11 is 3.06. The summed E-state index contributed by atoms with van der Waals surface area (Å²) in [6.45, 7) is 1.97. The highest BCUT2D eigenvalue weighted by molar-refractivity contribution is 9.09. The number of aldehydes is 1. The van der Waals surface area contributed by atoms with Gasteiger partial charge in [-0.2, -0.15) is 0 Å². The molecule has 0 heterocycles. The van der Waals surface area contributed by atoms with Gasteiger partial charge in [-0.15, -0.1) is 0 Å². The second-order valence-electron chi connectivity index (χ2n) is 3.60. The van der Waals surface area contributed by atoms with Gasteiger partial charge in [0, 0.05) is 12.0 Å². The third-order valence-electron chi connectivity index (χ3n) is 2.30. The van der Waals surface area contributed by atoms with Crippen molar-refractivity contribution in [1.29, 1.82) is 0 Å². The summed E-state index contributed by atoms with van der Waals surface area (Å²) in [5.41, 5.74) is 1.28. The SMILES string of the molecule is CCOC(=O)c1ccc(C=O)cc1CC(=O)CBr. The van der Waals surface area contributed by atoms with E-state index in [4.69, 9.17) is 4.74 Å². The monoisotopic (exact) mass is 312 g/mol. The molecule has 0 amide bonds. The zero-order valence-electron chi connectivity index (χ0n) is 9.94. The summed E-state index contributed by atoms with van der Waals surface area (Å²) in [6, 6.07) is 4.58. The minimum absolute atomic E-state index is 0.0661. The van der Waals surface area contributed by atoms with Gasteiger partial charge in [-0.3, -0.25) is 9.59 Å². The molecule has 0 aliphatic heterocycles. The van der Waals surface area contributed by atoms with Gasteiger partial charge in [0.05, 0.1) is 17.5 Å². The average Bonchev–Trinajstić information content (AvgIpc) is 2.38. The molecule has 0 aliphatic carbocycles. The number of hydrogen-bond donors (Lipinski definition) is 0. The largest absolute Gasteiger partial charge is 0.462 e. The van der Waals surface area contributed by atoms with Crippen molar-refractivity contribution in [2.45, 2.75) is 13.3 Å². The first kappa shape index (κ1) is 14.6. The lowest BCUT2D eigenvalue weighted by molar-refractivity contribution is -0.115. The van der Waals surface area contributed by atoms with Crippen LogP contribution in [0.15, 0.2) is 18.2 Å². The summed E-state index contributed by atoms with van der Waals surface area (Å²) in [5.74, 6) is -0.545. The number of alkyl halides is 1. The second kappa shape index (κ2) is 7.06. The van der Waals surface area contributed by atoms with Crippen molar-refractivity contribution in [2.24, 2.45) is 0 Å². The lowest BCUT2D eigenvalue weighted by atomic mass is 10.00. The molecular weight excluding hydrogens is 300 g/mol. The lowest BCUT2D eigenvalue weighted by Crippen LogP contribution is -2.12. The first-order chi connectivity index (χ1) is 8.62. The van der Waals surface area contributed by atoms with E-state index in [1.54, 1.807) is 13.0 Å². The van der Waals surface area contributed by atoms with Crippen LogP contribution in [0.4, 0.5) is 0 Å². The first-order valence-corrected chi connectivity index (χ1v) is 6.57. The van der Waals surface area contributed by atoms with Gasteiger partial charge in [-0.05, 0) is 24.6 Å². The minimum Gasteiger partial charge on any atom is -0.462 e. The lowest BCUT2D eigenvalue weighted by Gasteiger charge is -2.08. The molecular formula is C13H13BrO4. The highest BCUT2D eigenvalue weighted by atomic mass is 79.9. The number of benzene rings is 1. The van der Waals surface area contributed by atoms with E-state index in [0.29, 0.717) is 23.0 Å². The minimum atomic E-state index is -0.479. The maximum Gasteiger partial charge on any atom is 0.338 e. The van der Waals surface area contributed by atoms with Crippen molar-refractivity contribution < 1.29 is 19.1 Å². The van der Waals surface area contributed by atoms with Gasteiger partial charge in [-0.1, -0.05) is 22.0 Å². The molecule has 0 saturated carbocycles. The highest BCUT2D eigenvalue weighted by Crippen LogP contribution is 2.14. The quantitative estimate of drug-likeness (QED) is 0.459. The predicted molar refractivity (Wildman–Crippen MR) is 70.3 cm³/mol. The zero-order chi connectivity index (χ0) is 13.5. The topological polar surface area (TPSA) is 60.4 Å². The van der Waals surface area contributed by atoms with E-state index in [9.17, 15) is 14.4 Å². The Kier molecular flexibility index (Phi) is 5.71. The molecule has 0 atom stereocenters. The van der Waals surface area contributed by atoms with E-state index in [1.165, 1.54) is 12.1 Å². The molecule has 0 bridgehead atoms. The Morgan fingerprint density at radius 1 is 1.39 bits per heavy atom. The fraction of sp³-hybridized carbons (Fsp3) is 0.308. The summed E-state index contributed by atoms with van der Waals surface area (Å²) < 4.78 is 4.91. The highest BCUT2D eigenvalue weighted by Gasteiger charge is 2.15. The number of hydrogen-bond acceptors (Lipinski definition) is 4. The molecule has 18 heavy (non-hydrogen) atoms. The van der Waals surface area contributed by atoms with E-state index in [2.05, 4.69) is 15.9 Å². The molecule has 1 aromatic rings. The molecule has 0 saturated heterocycles. The second-order valence-corrected chi connectivity index (χ2v) is 4.16. The number of rotatable bonds is 6. The van der Waals surface area contributed by atoms with Crippen LogP contribution in [0.3, 0.4) is 0 Å². The summed E-state index contributed by atoms with van der Waals surface area (Å²) in [4.78, 5) is 33.8. The molecule has 96 valence electrons. The van der Waals surface area contributed by atoms with E-state index in [-0.39, 0.29) is 24.1 Å². The smallest absolute Gasteiger partial charge is 0.338 e. The van der Waals surface area contributed by atoms with Crippen LogP contribution in [0, 0.1) is 0 Å². The van der Waals surface area contributed by atoms with Crippen molar-refractivity contribution in [3.05, 3.63) is 34.9 Å². The van der Waals surface area contributed by atoms with Gasteiger partial charge < -0.3 is 4.74 Å². The molecule has 0 spiro atoms. The zero-order valence-corrected chi connectivity index (χ0v) is 11.5. The number of esters is 1. The van der Waals surface area contributed by atoms with Gasteiger partial charge in [0.25, 0.3) is 0 Å². The van der Waals surface area contributed by atoms with Gasteiger partial charge in [0.2, 0.25) is 0 Å². The summed E-state index contributed by atoms with van der Waals surface area (Å²) in [6.07, 6.45) is 0.776. The standard InChI is InChI=1S/C13H13BrO4/c1-2-18-13(17)12-4-3-9(8-15)5-10(12)6-11(16)7-14/h3-5,8H,2,6-7H2,1H3. The fourth-order valence-corrected chi connectivity index (χ4v) is 1.70. The third-order valence-corrected chi connectivity index (χ3v) is 2.92. The van der Waals surface area contributed by atoms with Gasteiger partial charge in [-0.25, -0.2) is 4.79 Å². The molecule has 1 rings (SSSR count). The molecule has 0 N–H and O–H groups in total. The van der Waals surface area contributed by atoms with Crippen LogP contribution in [0.25, 0.3) is 0 Å². The summed E-state index contributed by atoms with van der Waals surface area (Å²) in [5, 5.41) is 0.209. The van der Waals surface area contributed by atoms with Crippen LogP contribution in [0.5, 0.6) is 0 Å². The Morgan fingerprint density at radius 3 is 2.67 bits per heavy atom.